The number of carbonyl (C=O) groups is 2. The van der Waals surface area contributed by atoms with E-state index in [9.17, 15) is 9.59 Å². The Morgan fingerprint density at radius 3 is 2.70 bits per heavy atom. The van der Waals surface area contributed by atoms with Gasteiger partial charge in [-0.15, -0.1) is 0 Å². The van der Waals surface area contributed by atoms with Crippen LogP contribution in [-0.4, -0.2) is 54.4 Å². The molecule has 1 saturated heterocycles. The van der Waals surface area contributed by atoms with Gasteiger partial charge in [-0.1, -0.05) is 37.3 Å². The Hall–Kier alpha value is -2.34. The molecule has 2 N–H and O–H groups in total. The van der Waals surface area contributed by atoms with E-state index in [4.69, 9.17) is 0 Å². The third-order valence-electron chi connectivity index (χ3n) is 5.27. The van der Waals surface area contributed by atoms with Gasteiger partial charge in [-0.3, -0.25) is 15.0 Å². The average Bonchev–Trinajstić information content (AvgIpc) is 2.69. The summed E-state index contributed by atoms with van der Waals surface area (Å²) >= 11 is 0. The number of amides is 2. The molecule has 0 aliphatic carbocycles. The number of nitrogens with one attached hydrogen (secondary N) is 2. The fourth-order valence-corrected chi connectivity index (χ4v) is 3.50. The van der Waals surface area contributed by atoms with Crippen LogP contribution >= 0.6 is 0 Å². The lowest BCUT2D eigenvalue weighted by Gasteiger charge is -2.30. The minimum Gasteiger partial charge on any atom is -0.354 e. The molecule has 27 heavy (non-hydrogen) atoms. The van der Waals surface area contributed by atoms with Crippen molar-refractivity contribution in [3.8, 4) is 0 Å². The second-order valence-electron chi connectivity index (χ2n) is 7.51. The summed E-state index contributed by atoms with van der Waals surface area (Å²) in [6.45, 7) is 6.34. The third-order valence-corrected chi connectivity index (χ3v) is 5.27. The molecule has 1 fully saturated rings. The van der Waals surface area contributed by atoms with Gasteiger partial charge in [0.05, 0.1) is 5.70 Å². The normalized spacial score (nSPS) is 18.8. The maximum Gasteiger partial charge on any atom is 0.245 e. The molecule has 0 radical (unpaired) electrons. The highest BCUT2D eigenvalue weighted by atomic mass is 16.2. The fourth-order valence-electron chi connectivity index (χ4n) is 3.50. The van der Waals surface area contributed by atoms with Gasteiger partial charge in [0.2, 0.25) is 11.8 Å². The van der Waals surface area contributed by atoms with E-state index in [1.54, 1.807) is 0 Å². The van der Waals surface area contributed by atoms with E-state index >= 15 is 0 Å². The van der Waals surface area contributed by atoms with E-state index in [0.717, 1.165) is 43.2 Å². The predicted octanol–water partition coefficient (Wildman–Crippen LogP) is 2.00. The predicted molar refractivity (Wildman–Crippen MR) is 106 cm³/mol. The molecule has 0 aromatic heterocycles. The van der Waals surface area contributed by atoms with Crippen molar-refractivity contribution in [1.82, 2.24) is 20.7 Å². The highest BCUT2D eigenvalue weighted by molar-refractivity contribution is 5.88. The lowest BCUT2D eigenvalue weighted by molar-refractivity contribution is -0.137. The minimum atomic E-state index is -0.127. The Kier molecular flexibility index (Phi) is 6.87. The van der Waals surface area contributed by atoms with Gasteiger partial charge in [0, 0.05) is 13.0 Å². The van der Waals surface area contributed by atoms with Gasteiger partial charge in [0.15, 0.2) is 0 Å². The molecule has 2 amide bonds. The SMILES string of the molecule is CC1CCN(CCCNC(=O)CN2NC(c3ccccc3)=CCC2=O)CC1. The van der Waals surface area contributed by atoms with Crippen LogP contribution < -0.4 is 10.7 Å². The fraction of sp³-hybridized carbons (Fsp3) is 0.524. The second-order valence-corrected chi connectivity index (χ2v) is 7.51. The highest BCUT2D eigenvalue weighted by Crippen LogP contribution is 2.17. The maximum atomic E-state index is 12.2. The zero-order valence-electron chi connectivity index (χ0n) is 16.1. The van der Waals surface area contributed by atoms with E-state index in [2.05, 4.69) is 22.6 Å². The molecule has 6 heteroatoms. The number of benzene rings is 1. The summed E-state index contributed by atoms with van der Waals surface area (Å²) in [6.07, 6.45) is 5.65. The summed E-state index contributed by atoms with van der Waals surface area (Å²) in [5.41, 5.74) is 4.94. The number of nitrogens with zero attached hydrogens (tertiary/aromatic N) is 2. The topological polar surface area (TPSA) is 64.7 Å². The molecule has 2 aliphatic heterocycles. The zero-order valence-corrected chi connectivity index (χ0v) is 16.1. The quantitative estimate of drug-likeness (QED) is 0.721. The molecule has 1 aromatic carbocycles. The molecule has 0 bridgehead atoms. The van der Waals surface area contributed by atoms with Gasteiger partial charge < -0.3 is 10.2 Å². The number of rotatable bonds is 7. The molecular formula is C21H30N4O2. The summed E-state index contributed by atoms with van der Waals surface area (Å²) in [7, 11) is 0. The van der Waals surface area contributed by atoms with Crippen molar-refractivity contribution in [1.29, 1.82) is 0 Å². The first-order valence-corrected chi connectivity index (χ1v) is 9.93. The number of piperidine rings is 1. The van der Waals surface area contributed by atoms with Crippen LogP contribution in [0.15, 0.2) is 36.4 Å². The molecule has 0 unspecified atom stereocenters. The van der Waals surface area contributed by atoms with Crippen LogP contribution in [0.25, 0.3) is 5.70 Å². The molecule has 0 atom stereocenters. The molecule has 2 heterocycles. The highest BCUT2D eigenvalue weighted by Gasteiger charge is 2.22. The number of hydrogen-bond donors (Lipinski definition) is 2. The van der Waals surface area contributed by atoms with Gasteiger partial charge in [-0.25, -0.2) is 5.01 Å². The standard InChI is InChI=1S/C21H30N4O2/c1-17-10-14-24(15-11-17)13-5-12-22-20(26)16-25-21(27)9-8-19(23-25)18-6-3-2-4-7-18/h2-4,6-8,17,23H,5,9-16H2,1H3,(H,22,26). The smallest absolute Gasteiger partial charge is 0.245 e. The monoisotopic (exact) mass is 370 g/mol. The Labute approximate surface area is 161 Å². The largest absolute Gasteiger partial charge is 0.354 e. The Morgan fingerprint density at radius 1 is 1.22 bits per heavy atom. The molecule has 0 spiro atoms. The van der Waals surface area contributed by atoms with Crippen LogP contribution in [0.5, 0.6) is 0 Å². The summed E-state index contributed by atoms with van der Waals surface area (Å²) in [6, 6.07) is 9.82. The number of carbonyl (C=O) groups excluding carboxylic acids is 2. The third kappa shape index (κ3) is 5.82. The molecule has 3 rings (SSSR count). The Morgan fingerprint density at radius 2 is 1.96 bits per heavy atom. The zero-order chi connectivity index (χ0) is 19.1. The summed E-state index contributed by atoms with van der Waals surface area (Å²) in [4.78, 5) is 26.8. The van der Waals surface area contributed by atoms with Crippen LogP contribution in [0.2, 0.25) is 0 Å². The maximum absolute atomic E-state index is 12.2. The van der Waals surface area contributed by atoms with Gasteiger partial charge >= 0.3 is 0 Å². The van der Waals surface area contributed by atoms with Crippen LogP contribution in [-0.2, 0) is 9.59 Å². The second kappa shape index (κ2) is 9.55. The summed E-state index contributed by atoms with van der Waals surface area (Å²) < 4.78 is 0. The van der Waals surface area contributed by atoms with Crippen molar-refractivity contribution in [2.75, 3.05) is 32.7 Å². The summed E-state index contributed by atoms with van der Waals surface area (Å²) in [5, 5.41) is 4.34. The number of hydrogen-bond acceptors (Lipinski definition) is 4. The van der Waals surface area contributed by atoms with Crippen molar-refractivity contribution >= 4 is 17.5 Å². The van der Waals surface area contributed by atoms with Crippen molar-refractivity contribution < 1.29 is 9.59 Å². The van der Waals surface area contributed by atoms with Crippen LogP contribution in [0.4, 0.5) is 0 Å². The molecule has 6 nitrogen and oxygen atoms in total. The molecular weight excluding hydrogens is 340 g/mol. The average molecular weight is 370 g/mol. The van der Waals surface area contributed by atoms with E-state index in [1.165, 1.54) is 17.9 Å². The van der Waals surface area contributed by atoms with Crippen molar-refractivity contribution in [3.63, 3.8) is 0 Å². The van der Waals surface area contributed by atoms with Gasteiger partial charge in [-0.05, 0) is 56.5 Å². The first kappa shape index (κ1) is 19.4. The Bertz CT molecular complexity index is 666. The van der Waals surface area contributed by atoms with Crippen molar-refractivity contribution in [2.24, 2.45) is 5.92 Å². The molecule has 0 saturated carbocycles. The van der Waals surface area contributed by atoms with Gasteiger partial charge in [-0.2, -0.15) is 0 Å². The summed E-state index contributed by atoms with van der Waals surface area (Å²) in [5.74, 6) is 0.620. The minimum absolute atomic E-state index is 0.0320. The molecule has 1 aromatic rings. The van der Waals surface area contributed by atoms with Crippen LogP contribution in [0, 0.1) is 5.92 Å². The molecule has 2 aliphatic rings. The van der Waals surface area contributed by atoms with E-state index in [0.29, 0.717) is 13.0 Å². The van der Waals surface area contributed by atoms with E-state index in [-0.39, 0.29) is 18.4 Å². The van der Waals surface area contributed by atoms with E-state index < -0.39 is 0 Å². The van der Waals surface area contributed by atoms with Crippen molar-refractivity contribution in [3.05, 3.63) is 42.0 Å². The van der Waals surface area contributed by atoms with Gasteiger partial charge in [0.1, 0.15) is 6.54 Å². The Balaban J connectivity index is 1.38. The number of likely N-dealkylation sites (tertiary alicyclic amines) is 1. The first-order chi connectivity index (χ1) is 13.1. The van der Waals surface area contributed by atoms with E-state index in [1.807, 2.05) is 36.4 Å². The number of hydrazine groups is 1. The lowest BCUT2D eigenvalue weighted by Crippen LogP contribution is -2.49. The van der Waals surface area contributed by atoms with Crippen LogP contribution in [0.3, 0.4) is 0 Å². The van der Waals surface area contributed by atoms with Crippen molar-refractivity contribution in [2.45, 2.75) is 32.6 Å². The lowest BCUT2D eigenvalue weighted by atomic mass is 9.99. The van der Waals surface area contributed by atoms with Gasteiger partial charge in [0.25, 0.3) is 0 Å². The first-order valence-electron chi connectivity index (χ1n) is 9.93. The van der Waals surface area contributed by atoms with Crippen LogP contribution in [0.1, 0.15) is 38.2 Å². The molecule has 146 valence electrons.